The van der Waals surface area contributed by atoms with Crippen LogP contribution < -0.4 is 4.74 Å². The lowest BCUT2D eigenvalue weighted by molar-refractivity contribution is -0.125. The van der Waals surface area contributed by atoms with Crippen LogP contribution in [-0.4, -0.2) is 36.9 Å². The molecule has 1 aromatic carbocycles. The highest BCUT2D eigenvalue weighted by atomic mass is 16.5. The van der Waals surface area contributed by atoms with Crippen LogP contribution in [0.3, 0.4) is 0 Å². The minimum Gasteiger partial charge on any atom is -0.489 e. The molecule has 1 atom stereocenters. The second-order valence-corrected chi connectivity index (χ2v) is 6.79. The standard InChI is InChI=1S/C17H25NO2/c1-17(2,3)16(19)11-13-6-5-7-14(10-13)20-15-8-9-18(4)12-15/h5-7,10,15H,8-9,11-12H2,1-4H3. The molecule has 1 fully saturated rings. The molecule has 0 spiro atoms. The Bertz CT molecular complexity index is 476. The summed E-state index contributed by atoms with van der Waals surface area (Å²) >= 11 is 0. The van der Waals surface area contributed by atoms with Crippen molar-refractivity contribution in [1.82, 2.24) is 4.90 Å². The van der Waals surface area contributed by atoms with Gasteiger partial charge in [0.1, 0.15) is 17.6 Å². The number of hydrogen-bond acceptors (Lipinski definition) is 3. The average molecular weight is 275 g/mol. The van der Waals surface area contributed by atoms with Crippen LogP contribution in [-0.2, 0) is 11.2 Å². The first-order valence-electron chi connectivity index (χ1n) is 7.32. The van der Waals surface area contributed by atoms with Crippen molar-refractivity contribution in [1.29, 1.82) is 0 Å². The van der Waals surface area contributed by atoms with E-state index in [1.165, 1.54) is 0 Å². The van der Waals surface area contributed by atoms with Crippen LogP contribution in [0.5, 0.6) is 5.75 Å². The van der Waals surface area contributed by atoms with Crippen molar-refractivity contribution >= 4 is 5.78 Å². The molecule has 1 saturated heterocycles. The van der Waals surface area contributed by atoms with Crippen molar-refractivity contribution < 1.29 is 9.53 Å². The third-order valence-electron chi connectivity index (χ3n) is 3.75. The Balaban J connectivity index is 1.99. The number of ether oxygens (including phenoxy) is 1. The SMILES string of the molecule is CN1CCC(Oc2cccc(CC(=O)C(C)(C)C)c2)C1. The zero-order chi connectivity index (χ0) is 14.8. The van der Waals surface area contributed by atoms with Crippen LogP contribution in [0.15, 0.2) is 24.3 Å². The van der Waals surface area contributed by atoms with Gasteiger partial charge in [-0.25, -0.2) is 0 Å². The van der Waals surface area contributed by atoms with Gasteiger partial charge in [-0.1, -0.05) is 32.9 Å². The maximum Gasteiger partial charge on any atom is 0.142 e. The van der Waals surface area contributed by atoms with E-state index in [4.69, 9.17) is 4.74 Å². The Labute approximate surface area is 121 Å². The molecule has 3 heteroatoms. The van der Waals surface area contributed by atoms with Gasteiger partial charge >= 0.3 is 0 Å². The molecule has 1 unspecified atom stereocenters. The second kappa shape index (κ2) is 5.96. The fraction of sp³-hybridized carbons (Fsp3) is 0.588. The van der Waals surface area contributed by atoms with Crippen molar-refractivity contribution in [3.05, 3.63) is 29.8 Å². The number of nitrogens with zero attached hydrogens (tertiary/aromatic N) is 1. The van der Waals surface area contributed by atoms with Crippen molar-refractivity contribution in [3.8, 4) is 5.75 Å². The van der Waals surface area contributed by atoms with Gasteiger partial charge in [0, 0.05) is 24.9 Å². The molecule has 3 nitrogen and oxygen atoms in total. The summed E-state index contributed by atoms with van der Waals surface area (Å²) < 4.78 is 6.00. The van der Waals surface area contributed by atoms with Crippen molar-refractivity contribution in [3.63, 3.8) is 0 Å². The largest absolute Gasteiger partial charge is 0.489 e. The van der Waals surface area contributed by atoms with E-state index in [0.29, 0.717) is 6.42 Å². The Kier molecular flexibility index (Phi) is 4.48. The quantitative estimate of drug-likeness (QED) is 0.846. The number of likely N-dealkylation sites (N-methyl/N-ethyl adjacent to an activating group) is 1. The summed E-state index contributed by atoms with van der Waals surface area (Å²) in [5.74, 6) is 1.14. The lowest BCUT2D eigenvalue weighted by Crippen LogP contribution is -2.22. The van der Waals surface area contributed by atoms with Gasteiger partial charge in [-0.15, -0.1) is 0 Å². The third-order valence-corrected chi connectivity index (χ3v) is 3.75. The predicted molar refractivity (Wildman–Crippen MR) is 81.1 cm³/mol. The van der Waals surface area contributed by atoms with E-state index in [1.54, 1.807) is 0 Å². The fourth-order valence-electron chi connectivity index (χ4n) is 2.36. The average Bonchev–Trinajstić information content (AvgIpc) is 2.74. The number of likely N-dealkylation sites (tertiary alicyclic amines) is 1. The maximum absolute atomic E-state index is 12.1. The number of carbonyl (C=O) groups is 1. The van der Waals surface area contributed by atoms with Crippen molar-refractivity contribution in [2.75, 3.05) is 20.1 Å². The molecule has 20 heavy (non-hydrogen) atoms. The van der Waals surface area contributed by atoms with E-state index >= 15 is 0 Å². The van der Waals surface area contributed by atoms with Crippen molar-refractivity contribution in [2.24, 2.45) is 5.41 Å². The highest BCUT2D eigenvalue weighted by Gasteiger charge is 2.22. The van der Waals surface area contributed by atoms with E-state index in [9.17, 15) is 4.79 Å². The van der Waals surface area contributed by atoms with Gasteiger partial charge in [-0.3, -0.25) is 4.79 Å². The molecule has 0 saturated carbocycles. The number of benzene rings is 1. The number of carbonyl (C=O) groups excluding carboxylic acids is 1. The van der Waals surface area contributed by atoms with Crippen molar-refractivity contribution in [2.45, 2.75) is 39.7 Å². The van der Waals surface area contributed by atoms with E-state index < -0.39 is 0 Å². The smallest absolute Gasteiger partial charge is 0.142 e. The summed E-state index contributed by atoms with van der Waals surface area (Å²) in [5, 5.41) is 0. The Morgan fingerprint density at radius 2 is 2.15 bits per heavy atom. The second-order valence-electron chi connectivity index (χ2n) is 6.79. The summed E-state index contributed by atoms with van der Waals surface area (Å²) in [6, 6.07) is 7.95. The molecule has 0 radical (unpaired) electrons. The molecule has 0 N–H and O–H groups in total. The topological polar surface area (TPSA) is 29.5 Å². The summed E-state index contributed by atoms with van der Waals surface area (Å²) in [4.78, 5) is 14.4. The van der Waals surface area contributed by atoms with Crippen LogP contribution in [0.1, 0.15) is 32.8 Å². The monoisotopic (exact) mass is 275 g/mol. The molecule has 0 aromatic heterocycles. The van der Waals surface area contributed by atoms with E-state index in [2.05, 4.69) is 11.9 Å². The minimum absolute atomic E-state index is 0.259. The van der Waals surface area contributed by atoms with E-state index in [1.807, 2.05) is 45.0 Å². The molecule has 1 heterocycles. The highest BCUT2D eigenvalue weighted by Crippen LogP contribution is 2.22. The summed E-state index contributed by atoms with van der Waals surface area (Å²) in [6.45, 7) is 7.95. The van der Waals surface area contributed by atoms with Crippen LogP contribution in [0.2, 0.25) is 0 Å². The molecule has 0 aliphatic carbocycles. The van der Waals surface area contributed by atoms with Crippen LogP contribution >= 0.6 is 0 Å². The zero-order valence-corrected chi connectivity index (χ0v) is 13.0. The number of ketones is 1. The van der Waals surface area contributed by atoms with Gasteiger partial charge < -0.3 is 9.64 Å². The molecule has 0 bridgehead atoms. The molecular formula is C17H25NO2. The van der Waals surface area contributed by atoms with Gasteiger partial charge in [-0.2, -0.15) is 0 Å². The first kappa shape index (κ1) is 15.0. The summed E-state index contributed by atoms with van der Waals surface area (Å²) in [5.41, 5.74) is 0.749. The zero-order valence-electron chi connectivity index (χ0n) is 13.0. The first-order valence-corrected chi connectivity index (χ1v) is 7.32. The lowest BCUT2D eigenvalue weighted by atomic mass is 9.87. The van der Waals surface area contributed by atoms with E-state index in [-0.39, 0.29) is 17.3 Å². The molecule has 0 amide bonds. The molecule has 1 aliphatic rings. The predicted octanol–water partition coefficient (Wildman–Crippen LogP) is 2.93. The molecule has 2 rings (SSSR count). The minimum atomic E-state index is -0.287. The number of rotatable bonds is 4. The van der Waals surface area contributed by atoms with Gasteiger partial charge in [0.05, 0.1) is 0 Å². The Morgan fingerprint density at radius 3 is 2.75 bits per heavy atom. The van der Waals surface area contributed by atoms with Gasteiger partial charge in [0.15, 0.2) is 0 Å². The van der Waals surface area contributed by atoms with E-state index in [0.717, 1.165) is 30.8 Å². The van der Waals surface area contributed by atoms with Gasteiger partial charge in [-0.05, 0) is 31.2 Å². The van der Waals surface area contributed by atoms with Crippen LogP contribution in [0.4, 0.5) is 0 Å². The first-order chi connectivity index (χ1) is 9.34. The third kappa shape index (κ3) is 4.07. The normalized spacial score (nSPS) is 20.1. The van der Waals surface area contributed by atoms with Gasteiger partial charge in [0.2, 0.25) is 0 Å². The molecule has 1 aliphatic heterocycles. The van der Waals surface area contributed by atoms with Gasteiger partial charge in [0.25, 0.3) is 0 Å². The summed E-state index contributed by atoms with van der Waals surface area (Å²) in [7, 11) is 2.11. The fourth-order valence-corrected chi connectivity index (χ4v) is 2.36. The number of hydrogen-bond donors (Lipinski definition) is 0. The maximum atomic E-state index is 12.1. The van der Waals surface area contributed by atoms with Crippen LogP contribution in [0, 0.1) is 5.41 Å². The summed E-state index contributed by atoms with van der Waals surface area (Å²) in [6.07, 6.45) is 1.82. The molecule has 1 aromatic rings. The Morgan fingerprint density at radius 1 is 1.40 bits per heavy atom. The highest BCUT2D eigenvalue weighted by molar-refractivity contribution is 5.85. The number of Topliss-reactive ketones (excluding diaryl/α,β-unsaturated/α-hetero) is 1. The van der Waals surface area contributed by atoms with Crippen LogP contribution in [0.25, 0.3) is 0 Å². The lowest BCUT2D eigenvalue weighted by Gasteiger charge is -2.17. The Hall–Kier alpha value is -1.35. The molecule has 110 valence electrons. The molecular weight excluding hydrogens is 250 g/mol.